The number of hydrogen-bond donors (Lipinski definition) is 0. The Morgan fingerprint density at radius 2 is 1.55 bits per heavy atom. The number of aromatic nitrogens is 2. The Morgan fingerprint density at radius 1 is 0.955 bits per heavy atom. The normalized spacial score (nSPS) is 15.0. The summed E-state index contributed by atoms with van der Waals surface area (Å²) in [5, 5.41) is 0.762. The molecule has 0 atom stereocenters. The van der Waals surface area contributed by atoms with Gasteiger partial charge in [-0.25, -0.2) is 9.97 Å². The molecule has 7 heteroatoms. The van der Waals surface area contributed by atoms with Crippen LogP contribution in [0.15, 0.2) is 36.7 Å². The average molecular weight is 337 g/mol. The molecule has 1 aliphatic heterocycles. The van der Waals surface area contributed by atoms with Crippen LogP contribution in [0, 0.1) is 0 Å². The van der Waals surface area contributed by atoms with Crippen molar-refractivity contribution in [1.29, 1.82) is 0 Å². The zero-order chi connectivity index (χ0) is 15.5. The number of anilines is 1. The fraction of sp³-hybridized carbons (Fsp3) is 0.267. The van der Waals surface area contributed by atoms with Gasteiger partial charge in [0.25, 0.3) is 5.91 Å². The molecule has 5 nitrogen and oxygen atoms in total. The number of nitrogens with zero attached hydrogens (tertiary/aromatic N) is 4. The maximum absolute atomic E-state index is 12.6. The quantitative estimate of drug-likeness (QED) is 0.846. The van der Waals surface area contributed by atoms with Crippen molar-refractivity contribution in [1.82, 2.24) is 14.9 Å². The summed E-state index contributed by atoms with van der Waals surface area (Å²) in [5.74, 6) is 0.551. The Balaban J connectivity index is 1.70. The summed E-state index contributed by atoms with van der Waals surface area (Å²) >= 11 is 12.2. The van der Waals surface area contributed by atoms with Gasteiger partial charge in [-0.15, -0.1) is 0 Å². The molecule has 0 radical (unpaired) electrons. The first-order chi connectivity index (χ1) is 10.7. The lowest BCUT2D eigenvalue weighted by atomic mass is 10.1. The summed E-state index contributed by atoms with van der Waals surface area (Å²) in [6.07, 6.45) is 3.42. The van der Waals surface area contributed by atoms with Gasteiger partial charge in [0.15, 0.2) is 0 Å². The molecule has 1 aromatic carbocycles. The summed E-state index contributed by atoms with van der Waals surface area (Å²) in [6, 6.07) is 6.86. The lowest BCUT2D eigenvalue weighted by Gasteiger charge is -2.34. The maximum atomic E-state index is 12.6. The molecule has 1 aromatic heterocycles. The Bertz CT molecular complexity index is 652. The van der Waals surface area contributed by atoms with Gasteiger partial charge in [-0.3, -0.25) is 4.79 Å². The summed E-state index contributed by atoms with van der Waals surface area (Å²) in [7, 11) is 0. The molecule has 114 valence electrons. The SMILES string of the molecule is O=C(c1c(Cl)cccc1Cl)N1CCN(c2ncccn2)CC1. The molecule has 1 saturated heterocycles. The molecular formula is C15H14Cl2N4O. The number of amides is 1. The van der Waals surface area contributed by atoms with Crippen LogP contribution in [0.5, 0.6) is 0 Å². The maximum Gasteiger partial charge on any atom is 0.257 e. The Morgan fingerprint density at radius 3 is 2.14 bits per heavy atom. The Hall–Kier alpha value is -1.85. The van der Waals surface area contributed by atoms with Gasteiger partial charge in [0, 0.05) is 38.6 Å². The third-order valence-corrected chi connectivity index (χ3v) is 4.21. The topological polar surface area (TPSA) is 49.3 Å². The summed E-state index contributed by atoms with van der Waals surface area (Å²) in [4.78, 5) is 24.9. The Kier molecular flexibility index (Phi) is 4.45. The summed E-state index contributed by atoms with van der Waals surface area (Å²) in [5.41, 5.74) is 0.371. The highest BCUT2D eigenvalue weighted by molar-refractivity contribution is 6.39. The minimum absolute atomic E-state index is 0.135. The lowest BCUT2D eigenvalue weighted by molar-refractivity contribution is 0.0746. The van der Waals surface area contributed by atoms with Crippen molar-refractivity contribution in [2.24, 2.45) is 0 Å². The third kappa shape index (κ3) is 3.00. The molecule has 0 bridgehead atoms. The number of benzene rings is 1. The molecule has 1 aliphatic rings. The monoisotopic (exact) mass is 336 g/mol. The van der Waals surface area contributed by atoms with Crippen LogP contribution in [-0.2, 0) is 0 Å². The number of hydrogen-bond acceptors (Lipinski definition) is 4. The number of carbonyl (C=O) groups excluding carboxylic acids is 1. The first-order valence-electron chi connectivity index (χ1n) is 6.92. The highest BCUT2D eigenvalue weighted by Crippen LogP contribution is 2.26. The zero-order valence-electron chi connectivity index (χ0n) is 11.7. The van der Waals surface area contributed by atoms with Crippen LogP contribution in [0.25, 0.3) is 0 Å². The molecular weight excluding hydrogens is 323 g/mol. The van der Waals surface area contributed by atoms with Crippen molar-refractivity contribution in [3.63, 3.8) is 0 Å². The van der Waals surface area contributed by atoms with E-state index in [1.54, 1.807) is 41.6 Å². The van der Waals surface area contributed by atoms with Crippen LogP contribution in [0.2, 0.25) is 10.0 Å². The molecule has 1 fully saturated rings. The van der Waals surface area contributed by atoms with E-state index in [9.17, 15) is 4.79 Å². The van der Waals surface area contributed by atoms with Crippen molar-refractivity contribution in [3.05, 3.63) is 52.3 Å². The van der Waals surface area contributed by atoms with E-state index < -0.39 is 0 Å². The molecule has 2 aromatic rings. The summed E-state index contributed by atoms with van der Waals surface area (Å²) < 4.78 is 0. The van der Waals surface area contributed by atoms with Crippen molar-refractivity contribution in [2.45, 2.75) is 0 Å². The number of rotatable bonds is 2. The molecule has 0 N–H and O–H groups in total. The smallest absolute Gasteiger partial charge is 0.257 e. The van der Waals surface area contributed by atoms with E-state index >= 15 is 0 Å². The van der Waals surface area contributed by atoms with E-state index in [0.29, 0.717) is 47.7 Å². The fourth-order valence-electron chi connectivity index (χ4n) is 2.42. The van der Waals surface area contributed by atoms with Crippen molar-refractivity contribution < 1.29 is 4.79 Å². The van der Waals surface area contributed by atoms with E-state index in [2.05, 4.69) is 14.9 Å². The predicted octanol–water partition coefficient (Wildman–Crippen LogP) is 2.75. The fourth-order valence-corrected chi connectivity index (χ4v) is 2.98. The lowest BCUT2D eigenvalue weighted by Crippen LogP contribution is -2.49. The first-order valence-corrected chi connectivity index (χ1v) is 7.67. The second-order valence-corrected chi connectivity index (χ2v) is 5.74. The number of piperazine rings is 1. The van der Waals surface area contributed by atoms with Crippen LogP contribution in [0.1, 0.15) is 10.4 Å². The predicted molar refractivity (Wildman–Crippen MR) is 86.6 cm³/mol. The highest BCUT2D eigenvalue weighted by Gasteiger charge is 2.26. The van der Waals surface area contributed by atoms with Crippen molar-refractivity contribution in [3.8, 4) is 0 Å². The number of halogens is 2. The van der Waals surface area contributed by atoms with Crippen molar-refractivity contribution in [2.75, 3.05) is 31.1 Å². The molecule has 0 aliphatic carbocycles. The van der Waals surface area contributed by atoms with Gasteiger partial charge in [-0.05, 0) is 18.2 Å². The highest BCUT2D eigenvalue weighted by atomic mass is 35.5. The van der Waals surface area contributed by atoms with Crippen molar-refractivity contribution >= 4 is 35.1 Å². The summed E-state index contributed by atoms with van der Waals surface area (Å²) in [6.45, 7) is 2.52. The van der Waals surface area contributed by atoms with Gasteiger partial charge >= 0.3 is 0 Å². The second-order valence-electron chi connectivity index (χ2n) is 4.92. The van der Waals surface area contributed by atoms with Gasteiger partial charge in [0.1, 0.15) is 0 Å². The molecule has 22 heavy (non-hydrogen) atoms. The van der Waals surface area contributed by atoms with Gasteiger partial charge in [0.2, 0.25) is 5.95 Å². The van der Waals surface area contributed by atoms with E-state index in [0.717, 1.165) is 0 Å². The third-order valence-electron chi connectivity index (χ3n) is 3.58. The van der Waals surface area contributed by atoms with Crippen LogP contribution in [-0.4, -0.2) is 47.0 Å². The average Bonchev–Trinajstić information content (AvgIpc) is 2.55. The second kappa shape index (κ2) is 6.50. The van der Waals surface area contributed by atoms with Gasteiger partial charge in [0.05, 0.1) is 15.6 Å². The minimum Gasteiger partial charge on any atom is -0.337 e. The van der Waals surface area contributed by atoms with E-state index in [1.165, 1.54) is 0 Å². The molecule has 2 heterocycles. The van der Waals surface area contributed by atoms with Gasteiger partial charge in [-0.2, -0.15) is 0 Å². The van der Waals surface area contributed by atoms with Crippen LogP contribution in [0.3, 0.4) is 0 Å². The first kappa shape index (κ1) is 15.1. The Labute approximate surface area is 138 Å². The standard InChI is InChI=1S/C15H14Cl2N4O/c16-11-3-1-4-12(17)13(11)14(22)20-7-9-21(10-8-20)15-18-5-2-6-19-15/h1-6H,7-10H2. The molecule has 0 unspecified atom stereocenters. The molecule has 1 amide bonds. The zero-order valence-corrected chi connectivity index (χ0v) is 13.3. The minimum atomic E-state index is -0.135. The molecule has 0 spiro atoms. The molecule has 3 rings (SSSR count). The van der Waals surface area contributed by atoms with E-state index in [4.69, 9.17) is 23.2 Å². The largest absolute Gasteiger partial charge is 0.337 e. The van der Waals surface area contributed by atoms with Crippen LogP contribution >= 0.6 is 23.2 Å². The number of carbonyl (C=O) groups is 1. The van der Waals surface area contributed by atoms with Gasteiger partial charge < -0.3 is 9.80 Å². The van der Waals surface area contributed by atoms with Gasteiger partial charge in [-0.1, -0.05) is 29.3 Å². The van der Waals surface area contributed by atoms with E-state index in [1.807, 2.05) is 0 Å². The van der Waals surface area contributed by atoms with Crippen LogP contribution < -0.4 is 4.90 Å². The molecule has 0 saturated carbocycles. The van der Waals surface area contributed by atoms with E-state index in [-0.39, 0.29) is 5.91 Å². The van der Waals surface area contributed by atoms with Crippen LogP contribution in [0.4, 0.5) is 5.95 Å².